The normalized spacial score (nSPS) is 19.2. The van der Waals surface area contributed by atoms with Crippen molar-refractivity contribution in [2.45, 2.75) is 17.7 Å². The minimum absolute atomic E-state index is 0.0534. The van der Waals surface area contributed by atoms with Crippen LogP contribution in [-0.4, -0.2) is 46.5 Å². The standard InChI is InChI=1S/C19H19ClN4O2S/c1-24-9-8-21-17(24)12-2-4-13(5-3-12)19-23-14(11-26-19)10-22-18(25)15-6-7-16(20)27-15/h2-6,11,16H,7-10H2,1H3,(H,22,25). The minimum Gasteiger partial charge on any atom is -0.444 e. The summed E-state index contributed by atoms with van der Waals surface area (Å²) in [5, 5.41) is 2.85. The number of aliphatic imine (C=N–C) groups is 1. The molecule has 1 aromatic heterocycles. The van der Waals surface area contributed by atoms with Crippen molar-refractivity contribution in [1.82, 2.24) is 15.2 Å². The Balaban J connectivity index is 1.38. The smallest absolute Gasteiger partial charge is 0.257 e. The van der Waals surface area contributed by atoms with E-state index in [2.05, 4.69) is 20.2 Å². The molecule has 0 aliphatic carbocycles. The maximum Gasteiger partial charge on any atom is 0.257 e. The molecule has 2 aliphatic heterocycles. The zero-order valence-electron chi connectivity index (χ0n) is 14.8. The Labute approximate surface area is 166 Å². The van der Waals surface area contributed by atoms with Gasteiger partial charge in [-0.15, -0.1) is 23.4 Å². The number of amidine groups is 1. The number of carbonyl (C=O) groups excluding carboxylic acids is 1. The summed E-state index contributed by atoms with van der Waals surface area (Å²) in [5.74, 6) is 1.41. The largest absolute Gasteiger partial charge is 0.444 e. The summed E-state index contributed by atoms with van der Waals surface area (Å²) in [5.41, 5.74) is 2.64. The summed E-state index contributed by atoms with van der Waals surface area (Å²) >= 11 is 7.37. The minimum atomic E-state index is -0.126. The highest BCUT2D eigenvalue weighted by Gasteiger charge is 2.21. The third-order valence-electron chi connectivity index (χ3n) is 4.40. The molecule has 2 aliphatic rings. The average molecular weight is 403 g/mol. The molecule has 3 heterocycles. The fraction of sp³-hybridized carbons (Fsp3) is 0.316. The summed E-state index contributed by atoms with van der Waals surface area (Å²) in [6.45, 7) is 2.10. The number of rotatable bonds is 5. The summed E-state index contributed by atoms with van der Waals surface area (Å²) in [6.07, 6.45) is 4.14. The van der Waals surface area contributed by atoms with Gasteiger partial charge in [-0.05, 0) is 18.6 Å². The van der Waals surface area contributed by atoms with E-state index in [1.54, 1.807) is 6.26 Å². The van der Waals surface area contributed by atoms with E-state index in [4.69, 9.17) is 16.0 Å². The highest BCUT2D eigenvalue weighted by atomic mass is 35.5. The van der Waals surface area contributed by atoms with Gasteiger partial charge in [-0.2, -0.15) is 0 Å². The third-order valence-corrected chi connectivity index (χ3v) is 5.90. The lowest BCUT2D eigenvalue weighted by molar-refractivity contribution is -0.116. The number of nitrogens with one attached hydrogen (secondary N) is 1. The van der Waals surface area contributed by atoms with E-state index in [-0.39, 0.29) is 10.6 Å². The SMILES string of the molecule is CN1CCN=C1c1ccc(-c2nc(CNC(=O)C3=CCC(Cl)S3)co2)cc1. The van der Waals surface area contributed by atoms with E-state index in [9.17, 15) is 4.79 Å². The van der Waals surface area contributed by atoms with Gasteiger partial charge in [0.05, 0.1) is 28.4 Å². The molecule has 0 spiro atoms. The number of hydrogen-bond donors (Lipinski definition) is 1. The first kappa shape index (κ1) is 18.1. The number of oxazole rings is 1. The highest BCUT2D eigenvalue weighted by molar-refractivity contribution is 8.05. The number of aromatic nitrogens is 1. The molecule has 0 radical (unpaired) electrons. The van der Waals surface area contributed by atoms with Gasteiger partial charge in [0.1, 0.15) is 12.1 Å². The Kier molecular flexibility index (Phi) is 5.22. The predicted molar refractivity (Wildman–Crippen MR) is 108 cm³/mol. The molecule has 0 bridgehead atoms. The van der Waals surface area contributed by atoms with Gasteiger partial charge in [-0.25, -0.2) is 4.98 Å². The van der Waals surface area contributed by atoms with Crippen LogP contribution in [-0.2, 0) is 11.3 Å². The number of halogens is 1. The van der Waals surface area contributed by atoms with Crippen LogP contribution in [0, 0.1) is 0 Å². The van der Waals surface area contributed by atoms with Crippen LogP contribution < -0.4 is 5.32 Å². The maximum absolute atomic E-state index is 12.1. The molecule has 1 aromatic carbocycles. The summed E-state index contributed by atoms with van der Waals surface area (Å²) in [4.78, 5) is 23.9. The van der Waals surface area contributed by atoms with Crippen molar-refractivity contribution < 1.29 is 9.21 Å². The number of thioether (sulfide) groups is 1. The van der Waals surface area contributed by atoms with Crippen molar-refractivity contribution in [3.05, 3.63) is 52.8 Å². The molecule has 140 valence electrons. The first-order valence-electron chi connectivity index (χ1n) is 8.70. The lowest BCUT2D eigenvalue weighted by atomic mass is 10.1. The third kappa shape index (κ3) is 4.04. The zero-order valence-corrected chi connectivity index (χ0v) is 16.4. The average Bonchev–Trinajstić information content (AvgIpc) is 3.41. The Bertz CT molecular complexity index is 907. The maximum atomic E-state index is 12.1. The van der Waals surface area contributed by atoms with Crippen LogP contribution in [0.15, 0.2) is 50.9 Å². The second kappa shape index (κ2) is 7.78. The van der Waals surface area contributed by atoms with E-state index in [1.165, 1.54) is 11.8 Å². The lowest BCUT2D eigenvalue weighted by Crippen LogP contribution is -2.23. The Morgan fingerprint density at radius 2 is 2.15 bits per heavy atom. The number of alkyl halides is 1. The van der Waals surface area contributed by atoms with Crippen LogP contribution in [0.3, 0.4) is 0 Å². The van der Waals surface area contributed by atoms with E-state index in [1.807, 2.05) is 37.4 Å². The lowest BCUT2D eigenvalue weighted by Gasteiger charge is -2.13. The van der Waals surface area contributed by atoms with Gasteiger partial charge in [-0.1, -0.05) is 18.2 Å². The molecular formula is C19H19ClN4O2S. The number of benzene rings is 1. The Morgan fingerprint density at radius 3 is 2.81 bits per heavy atom. The zero-order chi connectivity index (χ0) is 18.8. The van der Waals surface area contributed by atoms with E-state index >= 15 is 0 Å². The molecule has 1 amide bonds. The van der Waals surface area contributed by atoms with Crippen molar-refractivity contribution >= 4 is 35.1 Å². The van der Waals surface area contributed by atoms with Gasteiger partial charge < -0.3 is 14.6 Å². The van der Waals surface area contributed by atoms with Crippen LogP contribution in [0.4, 0.5) is 0 Å². The van der Waals surface area contributed by atoms with Crippen molar-refractivity contribution in [3.63, 3.8) is 0 Å². The first-order chi connectivity index (χ1) is 13.1. The molecule has 0 fully saturated rings. The molecule has 1 N–H and O–H groups in total. The van der Waals surface area contributed by atoms with Gasteiger partial charge >= 0.3 is 0 Å². The fourth-order valence-corrected chi connectivity index (χ4v) is 4.18. The summed E-state index contributed by atoms with van der Waals surface area (Å²) < 4.78 is 5.51. The van der Waals surface area contributed by atoms with Crippen LogP contribution in [0.5, 0.6) is 0 Å². The summed E-state index contributed by atoms with van der Waals surface area (Å²) in [6, 6.07) is 7.99. The molecule has 8 heteroatoms. The monoisotopic (exact) mass is 402 g/mol. The molecule has 0 saturated carbocycles. The van der Waals surface area contributed by atoms with E-state index in [0.29, 0.717) is 29.5 Å². The molecule has 6 nitrogen and oxygen atoms in total. The highest BCUT2D eigenvalue weighted by Crippen LogP contribution is 2.34. The van der Waals surface area contributed by atoms with Crippen molar-refractivity contribution in [2.24, 2.45) is 4.99 Å². The van der Waals surface area contributed by atoms with Crippen molar-refractivity contribution in [1.29, 1.82) is 0 Å². The second-order valence-electron chi connectivity index (χ2n) is 6.36. The molecule has 27 heavy (non-hydrogen) atoms. The topological polar surface area (TPSA) is 70.7 Å². The molecule has 4 rings (SSSR count). The molecule has 1 unspecified atom stereocenters. The first-order valence-corrected chi connectivity index (χ1v) is 10.0. The van der Waals surface area contributed by atoms with E-state index < -0.39 is 0 Å². The van der Waals surface area contributed by atoms with Gasteiger partial charge in [0.2, 0.25) is 5.89 Å². The van der Waals surface area contributed by atoms with Crippen molar-refractivity contribution in [3.8, 4) is 11.5 Å². The predicted octanol–water partition coefficient (Wildman–Crippen LogP) is 3.24. The molecule has 0 saturated heterocycles. The second-order valence-corrected chi connectivity index (χ2v) is 8.39. The number of allylic oxidation sites excluding steroid dienone is 1. The number of likely N-dealkylation sites (N-methyl/N-ethyl adjacent to an activating group) is 1. The Hall–Kier alpha value is -2.25. The van der Waals surface area contributed by atoms with Gasteiger partial charge in [0.15, 0.2) is 0 Å². The van der Waals surface area contributed by atoms with Crippen LogP contribution in [0.2, 0.25) is 0 Å². The quantitative estimate of drug-likeness (QED) is 0.777. The van der Waals surface area contributed by atoms with Crippen LogP contribution in [0.25, 0.3) is 11.5 Å². The summed E-state index contributed by atoms with van der Waals surface area (Å²) in [7, 11) is 2.04. The number of hydrogen-bond acceptors (Lipinski definition) is 6. The molecule has 1 atom stereocenters. The Morgan fingerprint density at radius 1 is 1.37 bits per heavy atom. The van der Waals surface area contributed by atoms with Gasteiger partial charge in [0.25, 0.3) is 5.91 Å². The van der Waals surface area contributed by atoms with E-state index in [0.717, 1.165) is 30.1 Å². The number of nitrogens with zero attached hydrogens (tertiary/aromatic N) is 3. The van der Waals surface area contributed by atoms with Crippen LogP contribution in [0.1, 0.15) is 17.7 Å². The molecular weight excluding hydrogens is 384 g/mol. The molecule has 2 aromatic rings. The number of carbonyl (C=O) groups is 1. The van der Waals surface area contributed by atoms with Gasteiger partial charge in [-0.3, -0.25) is 9.79 Å². The fourth-order valence-electron chi connectivity index (χ4n) is 2.96. The van der Waals surface area contributed by atoms with Gasteiger partial charge in [0, 0.05) is 24.7 Å². The number of amides is 1. The van der Waals surface area contributed by atoms with Crippen molar-refractivity contribution in [2.75, 3.05) is 20.1 Å². The van der Waals surface area contributed by atoms with Crippen LogP contribution >= 0.6 is 23.4 Å².